The van der Waals surface area contributed by atoms with Crippen LogP contribution >= 0.6 is 15.9 Å². The van der Waals surface area contributed by atoms with Crippen LogP contribution in [0, 0.1) is 0 Å². The standard InChI is InChI=1S/C10H13BrN2O2/c11-8-6-13(10(15)12-9(8)14)7-4-2-1-3-5-7/h6-7H,1-5H2,(H,12,14,15). The van der Waals surface area contributed by atoms with E-state index in [0.717, 1.165) is 25.7 Å². The molecule has 1 fully saturated rings. The van der Waals surface area contributed by atoms with E-state index in [1.54, 1.807) is 10.8 Å². The van der Waals surface area contributed by atoms with Crippen LogP contribution in [-0.4, -0.2) is 9.55 Å². The smallest absolute Gasteiger partial charge is 0.296 e. The summed E-state index contributed by atoms with van der Waals surface area (Å²) in [5.41, 5.74) is -0.651. The van der Waals surface area contributed by atoms with Crippen LogP contribution in [0.25, 0.3) is 0 Å². The average molecular weight is 273 g/mol. The van der Waals surface area contributed by atoms with Crippen molar-refractivity contribution in [2.45, 2.75) is 38.1 Å². The molecule has 1 aromatic heterocycles. The Balaban J connectivity index is 2.39. The lowest BCUT2D eigenvalue weighted by Gasteiger charge is -2.23. The fraction of sp³-hybridized carbons (Fsp3) is 0.600. The summed E-state index contributed by atoms with van der Waals surface area (Å²) >= 11 is 3.14. The van der Waals surface area contributed by atoms with Gasteiger partial charge < -0.3 is 0 Å². The molecular weight excluding hydrogens is 260 g/mol. The van der Waals surface area contributed by atoms with Crippen molar-refractivity contribution in [1.82, 2.24) is 9.55 Å². The molecule has 5 heteroatoms. The first-order valence-corrected chi connectivity index (χ1v) is 5.99. The SMILES string of the molecule is O=c1[nH]c(=O)n(C2CCCCC2)cc1Br. The maximum Gasteiger partial charge on any atom is 0.328 e. The number of aromatic amines is 1. The molecule has 0 aliphatic heterocycles. The molecule has 1 aliphatic rings. The van der Waals surface area contributed by atoms with E-state index >= 15 is 0 Å². The van der Waals surface area contributed by atoms with Gasteiger partial charge in [-0.2, -0.15) is 0 Å². The molecule has 0 aromatic carbocycles. The van der Waals surface area contributed by atoms with Crippen LogP contribution in [0.15, 0.2) is 20.3 Å². The third-order valence-corrected chi connectivity index (χ3v) is 3.46. The van der Waals surface area contributed by atoms with Crippen LogP contribution in [0.4, 0.5) is 0 Å². The fourth-order valence-electron chi connectivity index (χ4n) is 2.09. The lowest BCUT2D eigenvalue weighted by Crippen LogP contribution is -2.33. The van der Waals surface area contributed by atoms with Crippen LogP contribution in [0.2, 0.25) is 0 Å². The molecule has 1 heterocycles. The van der Waals surface area contributed by atoms with Crippen LogP contribution < -0.4 is 11.2 Å². The zero-order valence-corrected chi connectivity index (χ0v) is 9.92. The molecule has 1 aromatic rings. The number of hydrogen-bond acceptors (Lipinski definition) is 2. The van der Waals surface area contributed by atoms with E-state index in [2.05, 4.69) is 20.9 Å². The predicted octanol–water partition coefficient (Wildman–Crippen LogP) is 1.80. The quantitative estimate of drug-likeness (QED) is 0.848. The van der Waals surface area contributed by atoms with E-state index in [0.29, 0.717) is 4.47 Å². The van der Waals surface area contributed by atoms with Crippen molar-refractivity contribution in [1.29, 1.82) is 0 Å². The Morgan fingerprint density at radius 2 is 1.93 bits per heavy atom. The molecule has 0 amide bonds. The zero-order valence-electron chi connectivity index (χ0n) is 8.33. The molecule has 1 saturated carbocycles. The zero-order chi connectivity index (χ0) is 10.8. The van der Waals surface area contributed by atoms with Crippen molar-refractivity contribution in [2.75, 3.05) is 0 Å². The first-order valence-electron chi connectivity index (χ1n) is 5.19. The van der Waals surface area contributed by atoms with Gasteiger partial charge in [0.2, 0.25) is 0 Å². The highest BCUT2D eigenvalue weighted by Crippen LogP contribution is 2.26. The fourth-order valence-corrected chi connectivity index (χ4v) is 2.41. The van der Waals surface area contributed by atoms with Gasteiger partial charge in [-0.3, -0.25) is 14.3 Å². The highest BCUT2D eigenvalue weighted by atomic mass is 79.9. The molecule has 0 spiro atoms. The molecule has 15 heavy (non-hydrogen) atoms. The average Bonchev–Trinajstić information content (AvgIpc) is 2.25. The predicted molar refractivity (Wildman–Crippen MR) is 61.1 cm³/mol. The molecule has 0 radical (unpaired) electrons. The van der Waals surface area contributed by atoms with Gasteiger partial charge in [0.15, 0.2) is 0 Å². The van der Waals surface area contributed by atoms with E-state index < -0.39 is 0 Å². The molecule has 2 rings (SSSR count). The maximum atomic E-state index is 11.6. The van der Waals surface area contributed by atoms with Gasteiger partial charge in [-0.1, -0.05) is 19.3 Å². The lowest BCUT2D eigenvalue weighted by atomic mass is 9.95. The van der Waals surface area contributed by atoms with Crippen molar-refractivity contribution in [2.24, 2.45) is 0 Å². The van der Waals surface area contributed by atoms with Crippen LogP contribution in [0.3, 0.4) is 0 Å². The van der Waals surface area contributed by atoms with Gasteiger partial charge in [-0.25, -0.2) is 4.79 Å². The van der Waals surface area contributed by atoms with Gasteiger partial charge in [0.05, 0.1) is 4.47 Å². The minimum atomic E-state index is -0.355. The van der Waals surface area contributed by atoms with Crippen LogP contribution in [0.1, 0.15) is 38.1 Å². The number of halogens is 1. The molecule has 4 nitrogen and oxygen atoms in total. The molecule has 0 bridgehead atoms. The Kier molecular flexibility index (Phi) is 3.09. The number of nitrogens with one attached hydrogen (secondary N) is 1. The topological polar surface area (TPSA) is 54.9 Å². The second-order valence-electron chi connectivity index (χ2n) is 3.94. The molecule has 1 N–H and O–H groups in total. The van der Waals surface area contributed by atoms with Gasteiger partial charge in [0.1, 0.15) is 0 Å². The van der Waals surface area contributed by atoms with E-state index in [4.69, 9.17) is 0 Å². The number of nitrogens with zero attached hydrogens (tertiary/aromatic N) is 1. The largest absolute Gasteiger partial charge is 0.328 e. The first kappa shape index (κ1) is 10.7. The van der Waals surface area contributed by atoms with Gasteiger partial charge in [0, 0.05) is 12.2 Å². The van der Waals surface area contributed by atoms with Gasteiger partial charge >= 0.3 is 5.69 Å². The van der Waals surface area contributed by atoms with E-state index in [1.165, 1.54) is 6.42 Å². The lowest BCUT2D eigenvalue weighted by molar-refractivity contribution is 0.341. The second-order valence-corrected chi connectivity index (χ2v) is 4.79. The third-order valence-electron chi connectivity index (χ3n) is 2.89. The van der Waals surface area contributed by atoms with Gasteiger partial charge in [-0.15, -0.1) is 0 Å². The summed E-state index contributed by atoms with van der Waals surface area (Å²) in [4.78, 5) is 25.0. The van der Waals surface area contributed by atoms with Crippen molar-refractivity contribution < 1.29 is 0 Å². The monoisotopic (exact) mass is 272 g/mol. The highest BCUT2D eigenvalue weighted by Gasteiger charge is 2.16. The summed E-state index contributed by atoms with van der Waals surface area (Å²) in [6, 6.07) is 0.249. The van der Waals surface area contributed by atoms with E-state index in [-0.39, 0.29) is 17.3 Å². The van der Waals surface area contributed by atoms with E-state index in [9.17, 15) is 9.59 Å². The minimum Gasteiger partial charge on any atom is -0.296 e. The maximum absolute atomic E-state index is 11.6. The summed E-state index contributed by atoms with van der Waals surface area (Å²) in [6.07, 6.45) is 7.23. The Labute approximate surface area is 95.5 Å². The summed E-state index contributed by atoms with van der Waals surface area (Å²) in [5, 5.41) is 0. The van der Waals surface area contributed by atoms with E-state index in [1.807, 2.05) is 0 Å². The first-order chi connectivity index (χ1) is 7.18. The van der Waals surface area contributed by atoms with Crippen LogP contribution in [-0.2, 0) is 0 Å². The number of hydrogen-bond donors (Lipinski definition) is 1. The number of rotatable bonds is 1. The number of H-pyrrole nitrogens is 1. The second kappa shape index (κ2) is 4.35. The van der Waals surface area contributed by atoms with Crippen molar-refractivity contribution in [3.63, 3.8) is 0 Å². The Morgan fingerprint density at radius 3 is 2.60 bits per heavy atom. The molecule has 82 valence electrons. The molecule has 0 atom stereocenters. The van der Waals surface area contributed by atoms with Crippen molar-refractivity contribution in [3.05, 3.63) is 31.5 Å². The Morgan fingerprint density at radius 1 is 1.27 bits per heavy atom. The summed E-state index contributed by atoms with van der Waals surface area (Å²) in [6.45, 7) is 0. The van der Waals surface area contributed by atoms with Crippen molar-refractivity contribution >= 4 is 15.9 Å². The summed E-state index contributed by atoms with van der Waals surface area (Å²) in [5.74, 6) is 0. The highest BCUT2D eigenvalue weighted by molar-refractivity contribution is 9.10. The summed E-state index contributed by atoms with van der Waals surface area (Å²) in [7, 11) is 0. The molecular formula is C10H13BrN2O2. The van der Waals surface area contributed by atoms with Crippen molar-refractivity contribution in [3.8, 4) is 0 Å². The number of aromatic nitrogens is 2. The molecule has 0 unspecified atom stereocenters. The summed E-state index contributed by atoms with van der Waals surface area (Å²) < 4.78 is 2.07. The molecule has 1 aliphatic carbocycles. The Hall–Kier alpha value is -0.840. The van der Waals surface area contributed by atoms with Crippen LogP contribution in [0.5, 0.6) is 0 Å². The molecule has 0 saturated heterocycles. The third kappa shape index (κ3) is 2.22. The normalized spacial score (nSPS) is 17.9. The Bertz CT molecular complexity index is 457. The van der Waals surface area contributed by atoms with Gasteiger partial charge in [-0.05, 0) is 28.8 Å². The minimum absolute atomic E-state index is 0.249. The van der Waals surface area contributed by atoms with Gasteiger partial charge in [0.25, 0.3) is 5.56 Å².